The first-order chi connectivity index (χ1) is 5.22. The van der Waals surface area contributed by atoms with Crippen LogP contribution in [-0.2, 0) is 21.9 Å². The topological polar surface area (TPSA) is 37.3 Å². The Morgan fingerprint density at radius 3 is 2.25 bits per heavy atom. The van der Waals surface area contributed by atoms with E-state index >= 15 is 0 Å². The van der Waals surface area contributed by atoms with Gasteiger partial charge in [-0.15, -0.1) is 0 Å². The molecule has 0 radical (unpaired) electrons. The van der Waals surface area contributed by atoms with E-state index in [0.29, 0.717) is 0 Å². The molecule has 2 nitrogen and oxygen atoms in total. The molecule has 0 bridgehead atoms. The number of carbonyl (C=O) groups is 1. The van der Waals surface area contributed by atoms with Crippen LogP contribution in [0.2, 0.25) is 0 Å². The summed E-state index contributed by atoms with van der Waals surface area (Å²) in [5.41, 5.74) is 0.847. The second kappa shape index (κ2) is 4.96. The molecule has 0 amide bonds. The maximum absolute atomic E-state index is 10.5. The Labute approximate surface area is 82.1 Å². The molecule has 1 aromatic rings. The molecule has 1 atom stereocenters. The van der Waals surface area contributed by atoms with Gasteiger partial charge in [0.05, 0.1) is 5.92 Å². The molecule has 0 fully saturated rings. The molecule has 0 spiro atoms. The Bertz CT molecular complexity index is 246. The van der Waals surface area contributed by atoms with Gasteiger partial charge in [0.1, 0.15) is 0 Å². The maximum Gasteiger partial charge on any atom is 0.310 e. The number of aliphatic carboxylic acids is 1. The zero-order valence-corrected chi connectivity index (χ0v) is 7.78. The van der Waals surface area contributed by atoms with Crippen LogP contribution in [-0.4, -0.2) is 11.1 Å². The van der Waals surface area contributed by atoms with Crippen LogP contribution in [0, 0.1) is 0 Å². The van der Waals surface area contributed by atoms with E-state index in [1.54, 1.807) is 6.92 Å². The molecule has 12 heavy (non-hydrogen) atoms. The molecule has 1 rings (SSSR count). The van der Waals surface area contributed by atoms with Crippen molar-refractivity contribution in [2.45, 2.75) is 12.8 Å². The second-order valence-electron chi connectivity index (χ2n) is 2.47. The molecule has 3 heteroatoms. The van der Waals surface area contributed by atoms with E-state index in [-0.39, 0.29) is 17.1 Å². The van der Waals surface area contributed by atoms with E-state index in [1.165, 1.54) is 0 Å². The smallest absolute Gasteiger partial charge is 0.310 e. The van der Waals surface area contributed by atoms with Gasteiger partial charge in [-0.2, -0.15) is 0 Å². The number of hydrogen-bond donors (Lipinski definition) is 1. The van der Waals surface area contributed by atoms with Gasteiger partial charge in [-0.3, -0.25) is 4.79 Å². The molecule has 66 valence electrons. The third-order valence-corrected chi connectivity index (χ3v) is 1.67. The molecular weight excluding hydrogens is 196 g/mol. The Morgan fingerprint density at radius 1 is 1.33 bits per heavy atom. The zero-order chi connectivity index (χ0) is 8.27. The number of carboxylic acids is 1. The summed E-state index contributed by atoms with van der Waals surface area (Å²) in [7, 11) is 0. The molecule has 1 aromatic carbocycles. The van der Waals surface area contributed by atoms with Crippen molar-refractivity contribution in [1.82, 2.24) is 0 Å². The minimum Gasteiger partial charge on any atom is -0.481 e. The van der Waals surface area contributed by atoms with E-state index in [9.17, 15) is 4.79 Å². The van der Waals surface area contributed by atoms with Crippen molar-refractivity contribution >= 4 is 5.97 Å². The standard InChI is InChI=1S/C9H10O2.Fe/c1-7(9(10)11)8-5-3-2-4-6-8;/h2-7H,1H3,(H,10,11);. The maximum atomic E-state index is 10.5. The summed E-state index contributed by atoms with van der Waals surface area (Å²) in [6, 6.07) is 9.19. The summed E-state index contributed by atoms with van der Waals surface area (Å²) in [6.07, 6.45) is 0. The SMILES string of the molecule is CC(C(=O)O)c1ccccc1.[Fe]. The quantitative estimate of drug-likeness (QED) is 0.750. The predicted octanol–water partition coefficient (Wildman–Crippen LogP) is 1.87. The fourth-order valence-electron chi connectivity index (χ4n) is 0.884. The van der Waals surface area contributed by atoms with E-state index in [4.69, 9.17) is 5.11 Å². The zero-order valence-electron chi connectivity index (χ0n) is 6.67. The van der Waals surface area contributed by atoms with Crippen molar-refractivity contribution in [2.24, 2.45) is 0 Å². The van der Waals surface area contributed by atoms with E-state index in [0.717, 1.165) is 5.56 Å². The summed E-state index contributed by atoms with van der Waals surface area (Å²) >= 11 is 0. The van der Waals surface area contributed by atoms with Gasteiger partial charge < -0.3 is 5.11 Å². The van der Waals surface area contributed by atoms with Crippen molar-refractivity contribution in [3.63, 3.8) is 0 Å². The molecule has 0 aliphatic rings. The van der Waals surface area contributed by atoms with E-state index in [1.807, 2.05) is 30.3 Å². The van der Waals surface area contributed by atoms with Gasteiger partial charge in [-0.25, -0.2) is 0 Å². The van der Waals surface area contributed by atoms with Crippen LogP contribution < -0.4 is 0 Å². The van der Waals surface area contributed by atoms with Gasteiger partial charge in [0.2, 0.25) is 0 Å². The first-order valence-electron chi connectivity index (χ1n) is 3.49. The van der Waals surface area contributed by atoms with Gasteiger partial charge in [0.25, 0.3) is 0 Å². The van der Waals surface area contributed by atoms with Crippen LogP contribution in [0.15, 0.2) is 30.3 Å². The molecule has 1 N–H and O–H groups in total. The number of hydrogen-bond acceptors (Lipinski definition) is 1. The van der Waals surface area contributed by atoms with Crippen LogP contribution in [0.4, 0.5) is 0 Å². The minimum atomic E-state index is -0.781. The Hall–Kier alpha value is -0.791. The van der Waals surface area contributed by atoms with Crippen LogP contribution in [0.1, 0.15) is 18.4 Å². The number of rotatable bonds is 2. The van der Waals surface area contributed by atoms with Crippen molar-refractivity contribution < 1.29 is 27.0 Å². The molecular formula is C9H10FeO2. The molecule has 0 saturated heterocycles. The average Bonchev–Trinajstić information content (AvgIpc) is 2.05. The second-order valence-corrected chi connectivity index (χ2v) is 2.47. The van der Waals surface area contributed by atoms with Crippen LogP contribution in [0.25, 0.3) is 0 Å². The van der Waals surface area contributed by atoms with Crippen molar-refractivity contribution in [1.29, 1.82) is 0 Å². The monoisotopic (exact) mass is 206 g/mol. The van der Waals surface area contributed by atoms with Gasteiger partial charge in [0, 0.05) is 17.1 Å². The molecule has 0 saturated carbocycles. The Balaban J connectivity index is 0.00000121. The average molecular weight is 206 g/mol. The van der Waals surface area contributed by atoms with Crippen LogP contribution in [0.5, 0.6) is 0 Å². The first kappa shape index (κ1) is 11.2. The number of carboxylic acid groups (broad SMARTS) is 1. The molecule has 0 aliphatic carbocycles. The molecule has 0 aliphatic heterocycles. The van der Waals surface area contributed by atoms with Gasteiger partial charge in [0.15, 0.2) is 0 Å². The van der Waals surface area contributed by atoms with Crippen molar-refractivity contribution in [3.8, 4) is 0 Å². The van der Waals surface area contributed by atoms with Gasteiger partial charge in [-0.05, 0) is 12.5 Å². The van der Waals surface area contributed by atoms with Crippen LogP contribution >= 0.6 is 0 Å². The third kappa shape index (κ3) is 2.68. The fourth-order valence-corrected chi connectivity index (χ4v) is 0.884. The first-order valence-corrected chi connectivity index (χ1v) is 3.49. The van der Waals surface area contributed by atoms with E-state index < -0.39 is 11.9 Å². The molecule has 0 heterocycles. The normalized spacial score (nSPS) is 11.4. The van der Waals surface area contributed by atoms with Crippen LogP contribution in [0.3, 0.4) is 0 Å². The molecule has 0 aromatic heterocycles. The van der Waals surface area contributed by atoms with Crippen molar-refractivity contribution in [3.05, 3.63) is 35.9 Å². The van der Waals surface area contributed by atoms with Crippen molar-refractivity contribution in [2.75, 3.05) is 0 Å². The largest absolute Gasteiger partial charge is 0.481 e. The minimum absolute atomic E-state index is 0. The summed E-state index contributed by atoms with van der Waals surface area (Å²) in [6.45, 7) is 1.68. The van der Waals surface area contributed by atoms with E-state index in [2.05, 4.69) is 0 Å². The van der Waals surface area contributed by atoms with Gasteiger partial charge >= 0.3 is 5.97 Å². The number of benzene rings is 1. The third-order valence-electron chi connectivity index (χ3n) is 1.67. The summed E-state index contributed by atoms with van der Waals surface area (Å²) in [4.78, 5) is 10.5. The molecule has 1 unspecified atom stereocenters. The summed E-state index contributed by atoms with van der Waals surface area (Å²) in [5, 5.41) is 8.64. The predicted molar refractivity (Wildman–Crippen MR) is 42.5 cm³/mol. The van der Waals surface area contributed by atoms with Gasteiger partial charge in [-0.1, -0.05) is 30.3 Å². The summed E-state index contributed by atoms with van der Waals surface area (Å²) in [5.74, 6) is -1.19. The summed E-state index contributed by atoms with van der Waals surface area (Å²) < 4.78 is 0. The fraction of sp³-hybridized carbons (Fsp3) is 0.222. The Kier molecular flexibility index (Phi) is 4.64. The Morgan fingerprint density at radius 2 is 1.83 bits per heavy atom.